The van der Waals surface area contributed by atoms with Crippen molar-refractivity contribution in [1.82, 2.24) is 4.90 Å². The molecule has 0 aromatic heterocycles. The van der Waals surface area contributed by atoms with Gasteiger partial charge < -0.3 is 14.8 Å². The monoisotopic (exact) mass is 380 g/mol. The number of nitrogens with zero attached hydrogens (tertiary/aromatic N) is 1. The molecule has 1 aromatic carbocycles. The first kappa shape index (κ1) is 19.5. The first-order valence-electron chi connectivity index (χ1n) is 9.61. The Morgan fingerprint density at radius 1 is 1.35 bits per heavy atom. The average Bonchev–Trinajstić information content (AvgIpc) is 2.67. The number of hydrogen-bond donors (Lipinski definition) is 1. The lowest BCUT2D eigenvalue weighted by atomic mass is 9.91. The molecular formula is C20H29ClN2O3. The summed E-state index contributed by atoms with van der Waals surface area (Å²) in [4.78, 5) is 15.0. The van der Waals surface area contributed by atoms with Gasteiger partial charge in [0.25, 0.3) is 0 Å². The van der Waals surface area contributed by atoms with E-state index in [-0.39, 0.29) is 5.91 Å². The van der Waals surface area contributed by atoms with Gasteiger partial charge in [0.15, 0.2) is 0 Å². The first-order valence-corrected chi connectivity index (χ1v) is 9.98. The summed E-state index contributed by atoms with van der Waals surface area (Å²) in [6.07, 6.45) is 6.18. The predicted octanol–water partition coefficient (Wildman–Crippen LogP) is 3.96. The lowest BCUT2D eigenvalue weighted by Crippen LogP contribution is -2.45. The van der Waals surface area contributed by atoms with Gasteiger partial charge in [0, 0.05) is 37.2 Å². The number of piperidine rings is 1. The van der Waals surface area contributed by atoms with Gasteiger partial charge in [-0.05, 0) is 62.8 Å². The fourth-order valence-electron chi connectivity index (χ4n) is 4.04. The Morgan fingerprint density at radius 2 is 2.15 bits per heavy atom. The smallest absolute Gasteiger partial charge is 0.224 e. The zero-order valence-corrected chi connectivity index (χ0v) is 16.3. The number of nitrogens with one attached hydrogen (secondary N) is 1. The Labute approximate surface area is 161 Å². The van der Waals surface area contributed by atoms with Crippen molar-refractivity contribution < 1.29 is 14.3 Å². The van der Waals surface area contributed by atoms with Crippen molar-refractivity contribution in [3.8, 4) is 5.75 Å². The van der Waals surface area contributed by atoms with Gasteiger partial charge in [0.05, 0.1) is 12.8 Å². The number of methoxy groups -OCH3 is 1. The second kappa shape index (κ2) is 9.58. The molecule has 2 fully saturated rings. The number of halogens is 1. The van der Waals surface area contributed by atoms with Crippen LogP contribution in [0.5, 0.6) is 5.75 Å². The van der Waals surface area contributed by atoms with Crippen LogP contribution in [0.1, 0.15) is 38.5 Å². The SMILES string of the molecule is COc1ccc(Cl)cc1NC(=O)CC[C@H]1CCCN(C2CCOCC2)C1. The first-order chi connectivity index (χ1) is 12.7. The van der Waals surface area contributed by atoms with E-state index in [9.17, 15) is 4.79 Å². The van der Waals surface area contributed by atoms with Crippen LogP contribution < -0.4 is 10.1 Å². The van der Waals surface area contributed by atoms with Crippen molar-refractivity contribution in [3.63, 3.8) is 0 Å². The molecule has 0 spiro atoms. The predicted molar refractivity (Wildman–Crippen MR) is 104 cm³/mol. The van der Waals surface area contributed by atoms with E-state index in [4.69, 9.17) is 21.1 Å². The maximum Gasteiger partial charge on any atom is 0.224 e. The van der Waals surface area contributed by atoms with Gasteiger partial charge in [-0.1, -0.05) is 11.6 Å². The Balaban J connectivity index is 1.47. The third-order valence-corrected chi connectivity index (χ3v) is 5.71. The molecule has 2 heterocycles. The Kier molecular flexibility index (Phi) is 7.17. The number of amides is 1. The van der Waals surface area contributed by atoms with Gasteiger partial charge >= 0.3 is 0 Å². The molecule has 1 N–H and O–H groups in total. The molecule has 2 saturated heterocycles. The molecule has 5 nitrogen and oxygen atoms in total. The van der Waals surface area contributed by atoms with Gasteiger partial charge in [-0.15, -0.1) is 0 Å². The van der Waals surface area contributed by atoms with Crippen LogP contribution in [0.4, 0.5) is 5.69 Å². The second-order valence-corrected chi connectivity index (χ2v) is 7.71. The number of carbonyl (C=O) groups excluding carboxylic acids is 1. The average molecular weight is 381 g/mol. The summed E-state index contributed by atoms with van der Waals surface area (Å²) >= 11 is 6.02. The Hall–Kier alpha value is -1.30. The Morgan fingerprint density at radius 3 is 2.92 bits per heavy atom. The topological polar surface area (TPSA) is 50.8 Å². The molecule has 1 aromatic rings. The zero-order valence-electron chi connectivity index (χ0n) is 15.5. The highest BCUT2D eigenvalue weighted by molar-refractivity contribution is 6.31. The molecule has 144 valence electrons. The van der Waals surface area contributed by atoms with E-state index in [0.29, 0.717) is 34.8 Å². The molecule has 2 aliphatic rings. The minimum absolute atomic E-state index is 0.0220. The van der Waals surface area contributed by atoms with Gasteiger partial charge in [-0.3, -0.25) is 9.69 Å². The molecule has 1 amide bonds. The number of carbonyl (C=O) groups is 1. The third-order valence-electron chi connectivity index (χ3n) is 5.47. The highest BCUT2D eigenvalue weighted by Crippen LogP contribution is 2.29. The molecule has 0 aliphatic carbocycles. The van der Waals surface area contributed by atoms with Crippen molar-refractivity contribution in [1.29, 1.82) is 0 Å². The van der Waals surface area contributed by atoms with E-state index in [2.05, 4.69) is 10.2 Å². The van der Waals surface area contributed by atoms with E-state index in [1.165, 1.54) is 19.4 Å². The summed E-state index contributed by atoms with van der Waals surface area (Å²) in [5, 5.41) is 3.52. The van der Waals surface area contributed by atoms with Crippen LogP contribution in [-0.2, 0) is 9.53 Å². The minimum atomic E-state index is 0.0220. The van der Waals surface area contributed by atoms with Crippen LogP contribution in [0.3, 0.4) is 0 Å². The summed E-state index contributed by atoms with van der Waals surface area (Å²) in [5.41, 5.74) is 0.637. The fraction of sp³-hybridized carbons (Fsp3) is 0.650. The molecule has 1 atom stereocenters. The highest BCUT2D eigenvalue weighted by atomic mass is 35.5. The summed E-state index contributed by atoms with van der Waals surface area (Å²) in [6.45, 7) is 4.07. The van der Waals surface area contributed by atoms with E-state index in [1.807, 2.05) is 0 Å². The van der Waals surface area contributed by atoms with Gasteiger partial charge in [-0.25, -0.2) is 0 Å². The molecule has 3 rings (SSSR count). The van der Waals surface area contributed by atoms with E-state index in [0.717, 1.165) is 39.0 Å². The quantitative estimate of drug-likeness (QED) is 0.811. The number of rotatable bonds is 6. The maximum absolute atomic E-state index is 12.4. The number of benzene rings is 1. The largest absolute Gasteiger partial charge is 0.495 e. The van der Waals surface area contributed by atoms with E-state index < -0.39 is 0 Å². The molecule has 0 bridgehead atoms. The molecule has 6 heteroatoms. The third kappa shape index (κ3) is 5.35. The second-order valence-electron chi connectivity index (χ2n) is 7.28. The van der Waals surface area contributed by atoms with Crippen LogP contribution in [0.15, 0.2) is 18.2 Å². The zero-order chi connectivity index (χ0) is 18.4. The van der Waals surface area contributed by atoms with Crippen molar-refractivity contribution in [2.24, 2.45) is 5.92 Å². The van der Waals surface area contributed by atoms with E-state index in [1.54, 1.807) is 25.3 Å². The maximum atomic E-state index is 12.4. The molecule has 2 aliphatic heterocycles. The summed E-state index contributed by atoms with van der Waals surface area (Å²) in [5.74, 6) is 1.25. The van der Waals surface area contributed by atoms with Crippen molar-refractivity contribution >= 4 is 23.2 Å². The lowest BCUT2D eigenvalue weighted by molar-refractivity contribution is -0.116. The highest BCUT2D eigenvalue weighted by Gasteiger charge is 2.27. The molecule has 0 radical (unpaired) electrons. The number of ether oxygens (including phenoxy) is 2. The minimum Gasteiger partial charge on any atom is -0.495 e. The molecule has 26 heavy (non-hydrogen) atoms. The van der Waals surface area contributed by atoms with Crippen LogP contribution in [0.2, 0.25) is 5.02 Å². The Bertz CT molecular complexity index is 605. The van der Waals surface area contributed by atoms with Crippen molar-refractivity contribution in [2.45, 2.75) is 44.6 Å². The number of anilines is 1. The number of likely N-dealkylation sites (tertiary alicyclic amines) is 1. The van der Waals surface area contributed by atoms with Gasteiger partial charge in [0.2, 0.25) is 5.91 Å². The number of hydrogen-bond acceptors (Lipinski definition) is 4. The molecule has 0 unspecified atom stereocenters. The van der Waals surface area contributed by atoms with Crippen LogP contribution >= 0.6 is 11.6 Å². The van der Waals surface area contributed by atoms with Gasteiger partial charge in [-0.2, -0.15) is 0 Å². The van der Waals surface area contributed by atoms with E-state index >= 15 is 0 Å². The normalized spacial score (nSPS) is 22.2. The summed E-state index contributed by atoms with van der Waals surface area (Å²) < 4.78 is 10.8. The van der Waals surface area contributed by atoms with Crippen LogP contribution in [0.25, 0.3) is 0 Å². The molecule has 0 saturated carbocycles. The summed E-state index contributed by atoms with van der Waals surface area (Å²) in [6, 6.07) is 5.91. The van der Waals surface area contributed by atoms with Crippen molar-refractivity contribution in [2.75, 3.05) is 38.7 Å². The van der Waals surface area contributed by atoms with Crippen LogP contribution in [-0.4, -0.2) is 50.3 Å². The lowest BCUT2D eigenvalue weighted by Gasteiger charge is -2.40. The molecular weight excluding hydrogens is 352 g/mol. The fourth-order valence-corrected chi connectivity index (χ4v) is 4.21. The summed E-state index contributed by atoms with van der Waals surface area (Å²) in [7, 11) is 1.59. The van der Waals surface area contributed by atoms with Crippen LogP contribution in [0, 0.1) is 5.92 Å². The standard InChI is InChI=1S/C20H29ClN2O3/c1-25-19-6-5-16(21)13-18(19)22-20(24)7-4-15-3-2-10-23(14-15)17-8-11-26-12-9-17/h5-6,13,15,17H,2-4,7-12,14H2,1H3,(H,22,24)/t15-/m1/s1. The van der Waals surface area contributed by atoms with Gasteiger partial charge in [0.1, 0.15) is 5.75 Å². The van der Waals surface area contributed by atoms with Crippen molar-refractivity contribution in [3.05, 3.63) is 23.2 Å².